The SMILES string of the molecule is CCSSC12CCCN1C(=O)C1CCCN1C2=O. The van der Waals surface area contributed by atoms with Gasteiger partial charge in [0, 0.05) is 18.8 Å². The number of amides is 2. The summed E-state index contributed by atoms with van der Waals surface area (Å²) < 4.78 is 0. The summed E-state index contributed by atoms with van der Waals surface area (Å²) in [6.45, 7) is 3.61. The summed E-state index contributed by atoms with van der Waals surface area (Å²) in [4.78, 5) is 28.4. The van der Waals surface area contributed by atoms with Crippen LogP contribution < -0.4 is 0 Å². The minimum Gasteiger partial charge on any atom is -0.328 e. The highest BCUT2D eigenvalue weighted by atomic mass is 33.1. The lowest BCUT2D eigenvalue weighted by atomic mass is 10.1. The Bertz CT molecular complexity index is 390. The first kappa shape index (κ1) is 12.7. The van der Waals surface area contributed by atoms with Crippen LogP contribution in [0.4, 0.5) is 0 Å². The van der Waals surface area contributed by atoms with Gasteiger partial charge in [-0.15, -0.1) is 0 Å². The van der Waals surface area contributed by atoms with Crippen molar-refractivity contribution < 1.29 is 9.59 Å². The molecular formula is C12H18N2O2S2. The summed E-state index contributed by atoms with van der Waals surface area (Å²) in [6, 6.07) is -0.157. The van der Waals surface area contributed by atoms with Gasteiger partial charge in [-0.3, -0.25) is 9.59 Å². The Morgan fingerprint density at radius 2 is 2.17 bits per heavy atom. The zero-order chi connectivity index (χ0) is 12.8. The summed E-state index contributed by atoms with van der Waals surface area (Å²) >= 11 is 0. The fourth-order valence-electron chi connectivity index (χ4n) is 3.25. The third-order valence-electron chi connectivity index (χ3n) is 4.05. The number of carbonyl (C=O) groups excluding carboxylic acids is 2. The van der Waals surface area contributed by atoms with Crippen molar-refractivity contribution >= 4 is 33.4 Å². The number of fused-ring (bicyclic) bond motifs is 2. The van der Waals surface area contributed by atoms with Crippen LogP contribution in [0.1, 0.15) is 32.6 Å². The van der Waals surface area contributed by atoms with E-state index in [-0.39, 0.29) is 17.9 Å². The van der Waals surface area contributed by atoms with Gasteiger partial charge >= 0.3 is 0 Å². The number of hydrogen-bond donors (Lipinski definition) is 0. The molecule has 2 amide bonds. The molecule has 100 valence electrons. The lowest BCUT2D eigenvalue weighted by Crippen LogP contribution is -2.66. The van der Waals surface area contributed by atoms with Gasteiger partial charge in [0.05, 0.1) is 0 Å². The Hall–Kier alpha value is -0.360. The maximum absolute atomic E-state index is 12.8. The van der Waals surface area contributed by atoms with Crippen molar-refractivity contribution in [3.05, 3.63) is 0 Å². The molecule has 0 N–H and O–H groups in total. The molecular weight excluding hydrogens is 268 g/mol. The summed E-state index contributed by atoms with van der Waals surface area (Å²) in [5.74, 6) is 1.34. The van der Waals surface area contributed by atoms with Crippen molar-refractivity contribution in [1.82, 2.24) is 9.80 Å². The first-order valence-electron chi connectivity index (χ1n) is 6.64. The largest absolute Gasteiger partial charge is 0.328 e. The first-order chi connectivity index (χ1) is 8.70. The minimum absolute atomic E-state index is 0.157. The predicted molar refractivity (Wildman–Crippen MR) is 74.1 cm³/mol. The van der Waals surface area contributed by atoms with Crippen LogP contribution in [-0.2, 0) is 9.59 Å². The molecule has 3 fully saturated rings. The van der Waals surface area contributed by atoms with Gasteiger partial charge in [0.1, 0.15) is 6.04 Å². The Morgan fingerprint density at radius 1 is 1.33 bits per heavy atom. The van der Waals surface area contributed by atoms with Crippen molar-refractivity contribution in [1.29, 1.82) is 0 Å². The second-order valence-corrected chi connectivity index (χ2v) is 7.89. The van der Waals surface area contributed by atoms with Crippen molar-refractivity contribution in [2.75, 3.05) is 18.8 Å². The summed E-state index contributed by atoms with van der Waals surface area (Å²) in [5, 5.41) is 0. The van der Waals surface area contributed by atoms with Gasteiger partial charge < -0.3 is 9.80 Å². The Morgan fingerprint density at radius 3 is 2.94 bits per heavy atom. The highest BCUT2D eigenvalue weighted by Gasteiger charge is 2.59. The van der Waals surface area contributed by atoms with Crippen molar-refractivity contribution in [3.63, 3.8) is 0 Å². The van der Waals surface area contributed by atoms with E-state index >= 15 is 0 Å². The van der Waals surface area contributed by atoms with Crippen LogP contribution >= 0.6 is 21.6 Å². The number of piperazine rings is 1. The van der Waals surface area contributed by atoms with Gasteiger partial charge in [0.25, 0.3) is 5.91 Å². The Labute approximate surface area is 115 Å². The average Bonchev–Trinajstić information content (AvgIpc) is 3.01. The smallest absolute Gasteiger partial charge is 0.260 e. The fourth-order valence-corrected chi connectivity index (χ4v) is 5.92. The van der Waals surface area contributed by atoms with Crippen molar-refractivity contribution in [2.45, 2.75) is 43.5 Å². The molecule has 0 aromatic rings. The second kappa shape index (κ2) is 4.63. The summed E-state index contributed by atoms with van der Waals surface area (Å²) in [7, 11) is 3.30. The molecule has 3 aliphatic heterocycles. The van der Waals surface area contributed by atoms with Crippen LogP contribution in [0.3, 0.4) is 0 Å². The van der Waals surface area contributed by atoms with Gasteiger partial charge in [0.2, 0.25) is 5.91 Å². The van der Waals surface area contributed by atoms with E-state index in [4.69, 9.17) is 0 Å². The monoisotopic (exact) mass is 286 g/mol. The molecule has 3 rings (SSSR count). The van der Waals surface area contributed by atoms with Gasteiger partial charge in [-0.05, 0) is 25.7 Å². The average molecular weight is 286 g/mol. The van der Waals surface area contributed by atoms with E-state index in [9.17, 15) is 9.59 Å². The van der Waals surface area contributed by atoms with Crippen LogP contribution in [0.25, 0.3) is 0 Å². The van der Waals surface area contributed by atoms with Gasteiger partial charge in [-0.2, -0.15) is 0 Å². The number of nitrogens with zero attached hydrogens (tertiary/aromatic N) is 2. The molecule has 0 saturated carbocycles. The van der Waals surface area contributed by atoms with Crippen LogP contribution in [0, 0.1) is 0 Å². The maximum Gasteiger partial charge on any atom is 0.260 e. The molecule has 3 aliphatic rings. The molecule has 0 aromatic heterocycles. The third-order valence-corrected chi connectivity index (χ3v) is 7.16. The molecule has 0 radical (unpaired) electrons. The van der Waals surface area contributed by atoms with Gasteiger partial charge in [-0.25, -0.2) is 0 Å². The number of rotatable bonds is 3. The molecule has 4 nitrogen and oxygen atoms in total. The fraction of sp³-hybridized carbons (Fsp3) is 0.833. The number of hydrogen-bond acceptors (Lipinski definition) is 4. The highest BCUT2D eigenvalue weighted by Crippen LogP contribution is 2.50. The van der Waals surface area contributed by atoms with Crippen molar-refractivity contribution in [2.24, 2.45) is 0 Å². The van der Waals surface area contributed by atoms with E-state index in [1.165, 1.54) is 0 Å². The normalized spacial score (nSPS) is 35.1. The third kappa shape index (κ3) is 1.61. The van der Waals surface area contributed by atoms with E-state index in [1.54, 1.807) is 21.6 Å². The lowest BCUT2D eigenvalue weighted by Gasteiger charge is -2.46. The zero-order valence-corrected chi connectivity index (χ0v) is 12.2. The molecule has 0 aromatic carbocycles. The summed E-state index contributed by atoms with van der Waals surface area (Å²) in [5.41, 5.74) is 0. The van der Waals surface area contributed by atoms with Crippen LogP contribution in [-0.4, -0.2) is 51.4 Å². The van der Waals surface area contributed by atoms with Crippen molar-refractivity contribution in [3.8, 4) is 0 Å². The van der Waals surface area contributed by atoms with E-state index < -0.39 is 4.87 Å². The minimum atomic E-state index is -0.585. The second-order valence-electron chi connectivity index (χ2n) is 5.02. The predicted octanol–water partition coefficient (Wildman–Crippen LogP) is 1.71. The maximum atomic E-state index is 12.8. The molecule has 18 heavy (non-hydrogen) atoms. The molecule has 0 spiro atoms. The Kier molecular flexibility index (Phi) is 3.26. The standard InChI is InChI=1S/C12H18N2O2S2/c1-2-17-18-12-6-4-8-14(12)10(15)9-5-3-7-13(9)11(12)16/h9H,2-8H2,1H3. The topological polar surface area (TPSA) is 40.6 Å². The molecule has 6 heteroatoms. The molecule has 3 saturated heterocycles. The molecule has 0 aliphatic carbocycles. The molecule has 3 heterocycles. The van der Waals surface area contributed by atoms with E-state index in [1.807, 2.05) is 9.80 Å². The van der Waals surface area contributed by atoms with Gasteiger partial charge in [-0.1, -0.05) is 28.5 Å². The quantitative estimate of drug-likeness (QED) is 0.741. The highest BCUT2D eigenvalue weighted by molar-refractivity contribution is 8.77. The summed E-state index contributed by atoms with van der Waals surface area (Å²) in [6.07, 6.45) is 3.59. The van der Waals surface area contributed by atoms with Gasteiger partial charge in [0.15, 0.2) is 4.87 Å². The molecule has 0 bridgehead atoms. The van der Waals surface area contributed by atoms with E-state index in [2.05, 4.69) is 6.92 Å². The number of carbonyl (C=O) groups is 2. The van der Waals surface area contributed by atoms with E-state index in [0.717, 1.165) is 44.5 Å². The Balaban J connectivity index is 1.94. The first-order valence-corrected chi connectivity index (χ1v) is 8.96. The van der Waals surface area contributed by atoms with E-state index in [0.29, 0.717) is 0 Å². The van der Waals surface area contributed by atoms with Crippen LogP contribution in [0.15, 0.2) is 0 Å². The zero-order valence-electron chi connectivity index (χ0n) is 10.6. The lowest BCUT2D eigenvalue weighted by molar-refractivity contribution is -0.159. The van der Waals surface area contributed by atoms with Crippen LogP contribution in [0.2, 0.25) is 0 Å². The molecule has 2 unspecified atom stereocenters. The van der Waals surface area contributed by atoms with Crippen LogP contribution in [0.5, 0.6) is 0 Å². The molecule has 2 atom stereocenters.